The van der Waals surface area contributed by atoms with Crippen LogP contribution >= 0.6 is 0 Å². The van der Waals surface area contributed by atoms with Crippen LogP contribution in [0.3, 0.4) is 0 Å². The predicted molar refractivity (Wildman–Crippen MR) is 85.5 cm³/mol. The van der Waals surface area contributed by atoms with E-state index in [4.69, 9.17) is 4.74 Å². The minimum atomic E-state index is -1.42. The van der Waals surface area contributed by atoms with Gasteiger partial charge in [0.1, 0.15) is 0 Å². The van der Waals surface area contributed by atoms with Gasteiger partial charge in [-0.2, -0.15) is 0 Å². The minimum Gasteiger partial charge on any atom is -0.457 e. The van der Waals surface area contributed by atoms with Crippen LogP contribution in [0, 0.1) is 0 Å². The van der Waals surface area contributed by atoms with Crippen molar-refractivity contribution in [2.24, 2.45) is 0 Å². The maximum absolute atomic E-state index is 11.9. The fraction of sp³-hybridized carbons (Fsp3) is 0.882. The van der Waals surface area contributed by atoms with Gasteiger partial charge in [0.25, 0.3) is 0 Å². The van der Waals surface area contributed by atoms with Crippen LogP contribution in [0.1, 0.15) is 78.1 Å². The van der Waals surface area contributed by atoms with Crippen LogP contribution < -0.4 is 0 Å². The van der Waals surface area contributed by atoms with E-state index in [9.17, 15) is 19.8 Å². The third kappa shape index (κ3) is 9.90. The molecule has 0 fully saturated rings. The Balaban J connectivity index is 4.07. The van der Waals surface area contributed by atoms with Gasteiger partial charge in [0, 0.05) is 12.8 Å². The minimum absolute atomic E-state index is 0.252. The normalized spacial score (nSPS) is 13.6. The first kappa shape index (κ1) is 21.1. The van der Waals surface area contributed by atoms with Crippen LogP contribution in [-0.2, 0) is 14.3 Å². The summed E-state index contributed by atoms with van der Waals surface area (Å²) in [5.41, 5.74) is 0. The number of aliphatic hydroxyl groups is 2. The molecule has 2 atom stereocenters. The topological polar surface area (TPSA) is 83.8 Å². The van der Waals surface area contributed by atoms with E-state index in [2.05, 4.69) is 6.92 Å². The second-order valence-corrected chi connectivity index (χ2v) is 5.74. The molecule has 0 saturated carbocycles. The van der Waals surface area contributed by atoms with Gasteiger partial charge in [-0.05, 0) is 12.8 Å². The van der Waals surface area contributed by atoms with Gasteiger partial charge >= 0.3 is 5.97 Å². The summed E-state index contributed by atoms with van der Waals surface area (Å²) in [6.45, 7) is 3.61. The number of carbonyl (C=O) groups excluding carboxylic acids is 2. The summed E-state index contributed by atoms with van der Waals surface area (Å²) in [6.07, 6.45) is 5.62. The van der Waals surface area contributed by atoms with E-state index in [0.29, 0.717) is 0 Å². The van der Waals surface area contributed by atoms with E-state index < -0.39 is 24.8 Å². The maximum atomic E-state index is 11.9. The van der Waals surface area contributed by atoms with Crippen molar-refractivity contribution >= 4 is 11.8 Å². The third-order valence-electron chi connectivity index (χ3n) is 3.66. The fourth-order valence-electron chi connectivity index (χ4n) is 2.21. The zero-order valence-electron chi connectivity index (χ0n) is 14.1. The molecule has 0 saturated heterocycles. The molecule has 0 aromatic heterocycles. The van der Waals surface area contributed by atoms with Crippen molar-refractivity contribution in [2.45, 2.75) is 90.3 Å². The molecule has 2 N–H and O–H groups in total. The number of ether oxygens (including phenoxy) is 1. The number of carbonyl (C=O) groups is 2. The molecule has 0 aromatic carbocycles. The fourth-order valence-corrected chi connectivity index (χ4v) is 2.21. The van der Waals surface area contributed by atoms with Crippen LogP contribution in [0.2, 0.25) is 0 Å². The first-order valence-corrected chi connectivity index (χ1v) is 8.57. The highest BCUT2D eigenvalue weighted by molar-refractivity contribution is 5.83. The van der Waals surface area contributed by atoms with Gasteiger partial charge < -0.3 is 14.9 Å². The molecular formula is C17H32O5. The lowest BCUT2D eigenvalue weighted by Crippen LogP contribution is -2.40. The Hall–Kier alpha value is -0.940. The monoisotopic (exact) mass is 316 g/mol. The number of hydrogen-bond acceptors (Lipinski definition) is 5. The molecule has 130 valence electrons. The van der Waals surface area contributed by atoms with Gasteiger partial charge in [-0.15, -0.1) is 0 Å². The number of aliphatic hydroxyl groups excluding tert-OH is 2. The van der Waals surface area contributed by atoms with Crippen LogP contribution in [0.15, 0.2) is 0 Å². The summed E-state index contributed by atoms with van der Waals surface area (Å²) >= 11 is 0. The standard InChI is InChI=1S/C17H32O5/c1-3-5-7-8-10-11-14(19)17(21)15(13-18)22-16(20)12-9-6-4-2/h15,17-18,21H,3-13H2,1-2H3. The average molecular weight is 316 g/mol. The first-order valence-electron chi connectivity index (χ1n) is 8.57. The Kier molecular flexibility index (Phi) is 13.1. The molecule has 0 aliphatic heterocycles. The molecule has 5 heteroatoms. The second kappa shape index (κ2) is 13.7. The highest BCUT2D eigenvalue weighted by Gasteiger charge is 2.28. The molecule has 0 radical (unpaired) electrons. The van der Waals surface area contributed by atoms with Gasteiger partial charge in [-0.3, -0.25) is 9.59 Å². The second-order valence-electron chi connectivity index (χ2n) is 5.74. The highest BCUT2D eigenvalue weighted by atomic mass is 16.6. The molecule has 0 aliphatic carbocycles. The summed E-state index contributed by atoms with van der Waals surface area (Å²) in [6, 6.07) is 0. The van der Waals surface area contributed by atoms with Gasteiger partial charge in [-0.1, -0.05) is 52.4 Å². The first-order chi connectivity index (χ1) is 10.6. The van der Waals surface area contributed by atoms with E-state index in [0.717, 1.165) is 51.4 Å². The van der Waals surface area contributed by atoms with Crippen molar-refractivity contribution in [3.63, 3.8) is 0 Å². The summed E-state index contributed by atoms with van der Waals surface area (Å²) in [5.74, 6) is -0.834. The number of Topliss-reactive ketones (excluding diaryl/α,β-unsaturated/α-hetero) is 1. The maximum Gasteiger partial charge on any atom is 0.306 e. The zero-order chi connectivity index (χ0) is 16.8. The zero-order valence-corrected chi connectivity index (χ0v) is 14.1. The quantitative estimate of drug-likeness (QED) is 0.380. The van der Waals surface area contributed by atoms with Crippen molar-refractivity contribution in [1.82, 2.24) is 0 Å². The number of esters is 1. The Bertz CT molecular complexity index is 303. The van der Waals surface area contributed by atoms with Crippen LogP contribution in [0.4, 0.5) is 0 Å². The van der Waals surface area contributed by atoms with Crippen LogP contribution in [0.5, 0.6) is 0 Å². The summed E-state index contributed by atoms with van der Waals surface area (Å²) < 4.78 is 5.01. The summed E-state index contributed by atoms with van der Waals surface area (Å²) in [7, 11) is 0. The number of unbranched alkanes of at least 4 members (excludes halogenated alkanes) is 6. The van der Waals surface area contributed by atoms with Crippen molar-refractivity contribution in [3.8, 4) is 0 Å². The molecule has 2 unspecified atom stereocenters. The SMILES string of the molecule is CCCCCCCC(=O)C(O)C(CO)OC(=O)CCCCC. The van der Waals surface area contributed by atoms with Crippen LogP contribution in [0.25, 0.3) is 0 Å². The van der Waals surface area contributed by atoms with Crippen molar-refractivity contribution in [2.75, 3.05) is 6.61 Å². The van der Waals surface area contributed by atoms with Gasteiger partial charge in [0.15, 0.2) is 18.0 Å². The van der Waals surface area contributed by atoms with Gasteiger partial charge in [0.2, 0.25) is 0 Å². The van der Waals surface area contributed by atoms with Crippen molar-refractivity contribution < 1.29 is 24.5 Å². The molecule has 0 rings (SSSR count). The average Bonchev–Trinajstić information content (AvgIpc) is 2.51. The van der Waals surface area contributed by atoms with E-state index in [1.54, 1.807) is 0 Å². The molecule has 0 aromatic rings. The Morgan fingerprint density at radius 3 is 2.05 bits per heavy atom. The van der Waals surface area contributed by atoms with Crippen LogP contribution in [-0.4, -0.2) is 40.8 Å². The molecule has 22 heavy (non-hydrogen) atoms. The van der Waals surface area contributed by atoms with Crippen molar-refractivity contribution in [3.05, 3.63) is 0 Å². The molecule has 0 heterocycles. The lowest BCUT2D eigenvalue weighted by molar-refractivity contribution is -0.161. The molecular weight excluding hydrogens is 284 g/mol. The molecule has 0 aliphatic rings. The van der Waals surface area contributed by atoms with Gasteiger partial charge in [0.05, 0.1) is 6.61 Å². The summed E-state index contributed by atoms with van der Waals surface area (Å²) in [4.78, 5) is 23.5. The smallest absolute Gasteiger partial charge is 0.306 e. The summed E-state index contributed by atoms with van der Waals surface area (Å²) in [5, 5.41) is 19.1. The highest BCUT2D eigenvalue weighted by Crippen LogP contribution is 2.11. The predicted octanol–water partition coefficient (Wildman–Crippen LogP) is 2.76. The van der Waals surface area contributed by atoms with Gasteiger partial charge in [-0.25, -0.2) is 0 Å². The molecule has 0 amide bonds. The largest absolute Gasteiger partial charge is 0.457 e. The van der Waals surface area contributed by atoms with E-state index >= 15 is 0 Å². The van der Waals surface area contributed by atoms with E-state index in [1.165, 1.54) is 0 Å². The molecule has 5 nitrogen and oxygen atoms in total. The molecule has 0 spiro atoms. The molecule has 0 bridgehead atoms. The lowest BCUT2D eigenvalue weighted by atomic mass is 10.0. The Morgan fingerprint density at radius 1 is 0.909 bits per heavy atom. The number of ketones is 1. The lowest BCUT2D eigenvalue weighted by Gasteiger charge is -2.20. The number of rotatable bonds is 14. The Labute approximate surface area is 134 Å². The third-order valence-corrected chi connectivity index (χ3v) is 3.66. The number of hydrogen-bond donors (Lipinski definition) is 2. The van der Waals surface area contributed by atoms with E-state index in [-0.39, 0.29) is 18.6 Å². The Morgan fingerprint density at radius 2 is 1.45 bits per heavy atom. The van der Waals surface area contributed by atoms with E-state index in [1.807, 2.05) is 6.92 Å². The van der Waals surface area contributed by atoms with Crippen molar-refractivity contribution in [1.29, 1.82) is 0 Å².